The Kier molecular flexibility index (Phi) is 10.8. The summed E-state index contributed by atoms with van der Waals surface area (Å²) >= 11 is 0. The lowest BCUT2D eigenvalue weighted by Gasteiger charge is -2.24. The molecule has 0 rings (SSSR count). The Labute approximate surface area is 164 Å². The lowest BCUT2D eigenvalue weighted by molar-refractivity contribution is -0.143. The summed E-state index contributed by atoms with van der Waals surface area (Å²) in [5.41, 5.74) is 10.5. The van der Waals surface area contributed by atoms with Gasteiger partial charge in [0.1, 0.15) is 18.1 Å². The molecule has 0 aromatic heterocycles. The van der Waals surface area contributed by atoms with Crippen molar-refractivity contribution >= 4 is 29.6 Å². The lowest BCUT2D eigenvalue weighted by Crippen LogP contribution is -2.56. The van der Waals surface area contributed by atoms with Crippen LogP contribution in [0.5, 0.6) is 0 Å². The van der Waals surface area contributed by atoms with Gasteiger partial charge in [0.2, 0.25) is 23.6 Å². The normalized spacial score (nSPS) is 15.1. The molecule has 0 saturated heterocycles. The van der Waals surface area contributed by atoms with E-state index in [4.69, 9.17) is 11.5 Å². The first-order chi connectivity index (χ1) is 12.8. The van der Waals surface area contributed by atoms with Crippen LogP contribution in [0.25, 0.3) is 0 Å². The van der Waals surface area contributed by atoms with E-state index in [-0.39, 0.29) is 25.2 Å². The second-order valence-electron chi connectivity index (χ2n) is 7.11. The number of nitrogens with two attached hydrogens (primary N) is 2. The third-order valence-corrected chi connectivity index (χ3v) is 3.80. The molecule has 4 unspecified atom stereocenters. The molecule has 0 bridgehead atoms. The third-order valence-electron chi connectivity index (χ3n) is 3.80. The van der Waals surface area contributed by atoms with Crippen molar-refractivity contribution in [3.63, 3.8) is 0 Å². The van der Waals surface area contributed by atoms with E-state index in [2.05, 4.69) is 16.0 Å². The van der Waals surface area contributed by atoms with Crippen molar-refractivity contribution in [1.29, 1.82) is 0 Å². The van der Waals surface area contributed by atoms with E-state index in [0.717, 1.165) is 0 Å². The van der Waals surface area contributed by atoms with Crippen molar-refractivity contribution in [2.75, 3.05) is 0 Å². The maximum atomic E-state index is 12.5. The van der Waals surface area contributed by atoms with Crippen LogP contribution < -0.4 is 27.4 Å². The molecule has 8 N–H and O–H groups in total. The molecule has 0 aliphatic heterocycles. The number of hydrogen-bond donors (Lipinski definition) is 6. The molecule has 4 amide bonds. The van der Waals surface area contributed by atoms with Crippen molar-refractivity contribution in [1.82, 2.24) is 16.0 Å². The second kappa shape index (κ2) is 11.9. The molecule has 4 atom stereocenters. The average Bonchev–Trinajstić information content (AvgIpc) is 2.56. The van der Waals surface area contributed by atoms with E-state index < -0.39 is 53.8 Å². The minimum atomic E-state index is -1.21. The molecular formula is C17H31N5O6. The lowest BCUT2D eigenvalue weighted by atomic mass is 10.0. The van der Waals surface area contributed by atoms with Gasteiger partial charge in [-0.1, -0.05) is 13.8 Å². The van der Waals surface area contributed by atoms with Gasteiger partial charge < -0.3 is 32.5 Å². The van der Waals surface area contributed by atoms with E-state index in [1.165, 1.54) is 13.8 Å². The van der Waals surface area contributed by atoms with Crippen molar-refractivity contribution in [2.45, 2.75) is 71.1 Å². The van der Waals surface area contributed by atoms with Gasteiger partial charge in [0, 0.05) is 6.42 Å². The van der Waals surface area contributed by atoms with Gasteiger partial charge in [-0.2, -0.15) is 0 Å². The maximum absolute atomic E-state index is 12.5. The summed E-state index contributed by atoms with van der Waals surface area (Å²) in [7, 11) is 0. The summed E-state index contributed by atoms with van der Waals surface area (Å²) in [5, 5.41) is 16.4. The van der Waals surface area contributed by atoms with E-state index in [1.807, 2.05) is 0 Å². The summed E-state index contributed by atoms with van der Waals surface area (Å²) in [5.74, 6) is -3.87. The maximum Gasteiger partial charge on any atom is 0.326 e. The predicted octanol–water partition coefficient (Wildman–Crippen LogP) is -1.80. The summed E-state index contributed by atoms with van der Waals surface area (Å²) in [6.07, 6.45) is -0.117. The predicted molar refractivity (Wildman–Crippen MR) is 101 cm³/mol. The van der Waals surface area contributed by atoms with Gasteiger partial charge in [0.05, 0.1) is 6.04 Å². The zero-order valence-electron chi connectivity index (χ0n) is 16.7. The Hall–Kier alpha value is -2.69. The Balaban J connectivity index is 5.16. The summed E-state index contributed by atoms with van der Waals surface area (Å²) in [6, 6.07) is -4.15. The molecule has 28 heavy (non-hydrogen) atoms. The number of aliphatic carboxylic acids is 1. The van der Waals surface area contributed by atoms with Gasteiger partial charge >= 0.3 is 5.97 Å². The molecule has 0 aliphatic carbocycles. The van der Waals surface area contributed by atoms with Crippen LogP contribution in [0.15, 0.2) is 0 Å². The summed E-state index contributed by atoms with van der Waals surface area (Å²) in [4.78, 5) is 58.8. The minimum absolute atomic E-state index is 0.00791. The van der Waals surface area contributed by atoms with Gasteiger partial charge in [-0.3, -0.25) is 19.2 Å². The molecule has 0 aromatic carbocycles. The van der Waals surface area contributed by atoms with Gasteiger partial charge in [-0.05, 0) is 32.6 Å². The topological polar surface area (TPSA) is 194 Å². The first kappa shape index (κ1) is 25.3. The van der Waals surface area contributed by atoms with Crippen LogP contribution in [-0.2, 0) is 24.0 Å². The number of carbonyl (C=O) groups excluding carboxylic acids is 4. The first-order valence-electron chi connectivity index (χ1n) is 9.02. The highest BCUT2D eigenvalue weighted by atomic mass is 16.4. The van der Waals surface area contributed by atoms with Gasteiger partial charge in [0.25, 0.3) is 0 Å². The molecule has 160 valence electrons. The fraction of sp³-hybridized carbons (Fsp3) is 0.706. The molecule has 0 radical (unpaired) electrons. The Bertz CT molecular complexity index is 593. The number of primary amides is 1. The molecule has 0 heterocycles. The molecular weight excluding hydrogens is 370 g/mol. The third kappa shape index (κ3) is 9.86. The van der Waals surface area contributed by atoms with Crippen molar-refractivity contribution in [3.05, 3.63) is 0 Å². The van der Waals surface area contributed by atoms with Crippen molar-refractivity contribution in [2.24, 2.45) is 17.4 Å². The highest BCUT2D eigenvalue weighted by Gasteiger charge is 2.29. The van der Waals surface area contributed by atoms with Crippen molar-refractivity contribution in [3.8, 4) is 0 Å². The molecule has 0 saturated carbocycles. The monoisotopic (exact) mass is 401 g/mol. The standard InChI is InChI=1S/C17H31N5O6/c1-8(2)7-12(17(27)28)22-16(26)11(5-6-13(19)23)21-15(25)10(4)20-14(24)9(3)18/h8-12H,5-7,18H2,1-4H3,(H2,19,23)(H,20,24)(H,21,25)(H,22,26)(H,27,28). The Morgan fingerprint density at radius 2 is 1.39 bits per heavy atom. The fourth-order valence-corrected chi connectivity index (χ4v) is 2.23. The largest absolute Gasteiger partial charge is 0.480 e. The van der Waals surface area contributed by atoms with Crippen LogP contribution in [0.3, 0.4) is 0 Å². The van der Waals surface area contributed by atoms with E-state index in [0.29, 0.717) is 0 Å². The molecule has 11 nitrogen and oxygen atoms in total. The number of carboxylic acid groups (broad SMARTS) is 1. The van der Waals surface area contributed by atoms with Gasteiger partial charge in [-0.25, -0.2) is 4.79 Å². The highest BCUT2D eigenvalue weighted by Crippen LogP contribution is 2.07. The number of rotatable bonds is 12. The number of carboxylic acids is 1. The molecule has 11 heteroatoms. The number of amides is 4. The minimum Gasteiger partial charge on any atom is -0.480 e. The van der Waals surface area contributed by atoms with Crippen LogP contribution >= 0.6 is 0 Å². The average molecular weight is 401 g/mol. The molecule has 0 aromatic rings. The molecule has 0 spiro atoms. The van der Waals surface area contributed by atoms with Crippen LogP contribution in [0.4, 0.5) is 0 Å². The van der Waals surface area contributed by atoms with Crippen LogP contribution in [0, 0.1) is 5.92 Å². The zero-order chi connectivity index (χ0) is 22.0. The number of nitrogens with one attached hydrogen (secondary N) is 3. The Morgan fingerprint density at radius 3 is 1.82 bits per heavy atom. The van der Waals surface area contributed by atoms with Crippen LogP contribution in [0.1, 0.15) is 47.0 Å². The molecule has 0 fully saturated rings. The summed E-state index contributed by atoms with van der Waals surface area (Å²) < 4.78 is 0. The Morgan fingerprint density at radius 1 is 0.857 bits per heavy atom. The summed E-state index contributed by atoms with van der Waals surface area (Å²) in [6.45, 7) is 6.45. The van der Waals surface area contributed by atoms with E-state index in [9.17, 15) is 29.1 Å². The smallest absolute Gasteiger partial charge is 0.326 e. The SMILES string of the molecule is CC(C)CC(NC(=O)C(CCC(N)=O)NC(=O)C(C)NC(=O)C(C)N)C(=O)O. The second-order valence-corrected chi connectivity index (χ2v) is 7.11. The zero-order valence-corrected chi connectivity index (χ0v) is 16.7. The quantitative estimate of drug-likeness (QED) is 0.222. The van der Waals surface area contributed by atoms with E-state index >= 15 is 0 Å². The number of hydrogen-bond acceptors (Lipinski definition) is 6. The first-order valence-corrected chi connectivity index (χ1v) is 9.02. The number of carbonyl (C=O) groups is 5. The van der Waals surface area contributed by atoms with Crippen LogP contribution in [0.2, 0.25) is 0 Å². The molecule has 0 aliphatic rings. The van der Waals surface area contributed by atoms with Crippen molar-refractivity contribution < 1.29 is 29.1 Å². The van der Waals surface area contributed by atoms with E-state index in [1.54, 1.807) is 13.8 Å². The fourth-order valence-electron chi connectivity index (χ4n) is 2.23. The van der Waals surface area contributed by atoms with Gasteiger partial charge in [-0.15, -0.1) is 0 Å². The highest BCUT2D eigenvalue weighted by molar-refractivity contribution is 5.94. The van der Waals surface area contributed by atoms with Gasteiger partial charge in [0.15, 0.2) is 0 Å². The van der Waals surface area contributed by atoms with Crippen LogP contribution in [-0.4, -0.2) is 58.9 Å².